The zero-order valence-electron chi connectivity index (χ0n) is 17.3. The highest BCUT2D eigenvalue weighted by atomic mass is 32.2. The number of sulfonamides is 1. The molecule has 3 rings (SSSR count). The van der Waals surface area contributed by atoms with Gasteiger partial charge >= 0.3 is 0 Å². The number of carbonyl (C=O) groups is 1. The molecule has 0 aliphatic heterocycles. The molecule has 1 aromatic heterocycles. The van der Waals surface area contributed by atoms with Crippen LogP contribution in [0.1, 0.15) is 39.0 Å². The molecule has 1 amide bonds. The molecule has 1 unspecified atom stereocenters. The van der Waals surface area contributed by atoms with Crippen LogP contribution in [-0.4, -0.2) is 42.0 Å². The summed E-state index contributed by atoms with van der Waals surface area (Å²) in [5.74, 6) is -1.92. The van der Waals surface area contributed by atoms with Crippen molar-refractivity contribution in [1.82, 2.24) is 9.29 Å². The first-order chi connectivity index (χ1) is 14.7. The summed E-state index contributed by atoms with van der Waals surface area (Å²) in [7, 11) is -2.04. The van der Waals surface area contributed by atoms with E-state index in [2.05, 4.69) is 10.3 Å². The number of nitrogens with one attached hydrogen (secondary N) is 1. The van der Waals surface area contributed by atoms with E-state index in [1.807, 2.05) is 0 Å². The van der Waals surface area contributed by atoms with Gasteiger partial charge in [0.1, 0.15) is 16.5 Å². The summed E-state index contributed by atoms with van der Waals surface area (Å²) in [5.41, 5.74) is -0.238. The number of benzene rings is 1. The first kappa shape index (κ1) is 23.6. The van der Waals surface area contributed by atoms with Crippen molar-refractivity contribution in [3.8, 4) is 0 Å². The highest BCUT2D eigenvalue weighted by Crippen LogP contribution is 2.28. The van der Waals surface area contributed by atoms with Crippen LogP contribution >= 0.6 is 11.8 Å². The fourth-order valence-corrected chi connectivity index (χ4v) is 5.61. The number of pyridine rings is 1. The highest BCUT2D eigenvalue weighted by molar-refractivity contribution is 8.00. The Hall–Kier alpha value is -2.04. The third-order valence-electron chi connectivity index (χ3n) is 5.33. The number of hydrogen-bond acceptors (Lipinski definition) is 5. The average molecular weight is 470 g/mol. The van der Waals surface area contributed by atoms with Gasteiger partial charge in [0.25, 0.3) is 0 Å². The van der Waals surface area contributed by atoms with E-state index >= 15 is 0 Å². The normalized spacial score (nSPS) is 16.3. The van der Waals surface area contributed by atoms with Gasteiger partial charge in [-0.2, -0.15) is 4.31 Å². The Labute approximate surface area is 185 Å². The lowest BCUT2D eigenvalue weighted by molar-refractivity contribution is -0.115. The summed E-state index contributed by atoms with van der Waals surface area (Å²) in [4.78, 5) is 16.6. The Kier molecular flexibility index (Phi) is 7.66. The van der Waals surface area contributed by atoms with Gasteiger partial charge in [-0.3, -0.25) is 4.79 Å². The quantitative estimate of drug-likeness (QED) is 0.607. The van der Waals surface area contributed by atoms with Gasteiger partial charge in [0.15, 0.2) is 0 Å². The van der Waals surface area contributed by atoms with Crippen LogP contribution in [0.4, 0.5) is 14.5 Å². The summed E-state index contributed by atoms with van der Waals surface area (Å²) < 4.78 is 54.2. The largest absolute Gasteiger partial charge is 0.323 e. The average Bonchev–Trinajstić information content (AvgIpc) is 2.76. The lowest BCUT2D eigenvalue weighted by atomic mass is 9.96. The zero-order chi connectivity index (χ0) is 22.6. The molecule has 1 aromatic carbocycles. The fourth-order valence-electron chi connectivity index (χ4n) is 3.46. The predicted molar refractivity (Wildman–Crippen MR) is 116 cm³/mol. The third kappa shape index (κ3) is 5.81. The molecule has 1 N–H and O–H groups in total. The lowest BCUT2D eigenvalue weighted by Crippen LogP contribution is -2.38. The van der Waals surface area contributed by atoms with Crippen LogP contribution in [0.15, 0.2) is 46.5 Å². The molecule has 6 nitrogen and oxygen atoms in total. The van der Waals surface area contributed by atoms with Crippen molar-refractivity contribution in [1.29, 1.82) is 0 Å². The molecule has 1 fully saturated rings. The summed E-state index contributed by atoms with van der Waals surface area (Å²) in [5, 5.41) is 2.13. The number of halogens is 2. The van der Waals surface area contributed by atoms with Crippen molar-refractivity contribution in [2.24, 2.45) is 0 Å². The molecule has 0 bridgehead atoms. The van der Waals surface area contributed by atoms with Crippen LogP contribution in [0.5, 0.6) is 0 Å². The van der Waals surface area contributed by atoms with Gasteiger partial charge in [-0.15, -0.1) is 0 Å². The molecule has 1 aliphatic rings. The highest BCUT2D eigenvalue weighted by Gasteiger charge is 2.29. The van der Waals surface area contributed by atoms with Crippen LogP contribution < -0.4 is 5.32 Å². The fraction of sp³-hybridized carbons (Fsp3) is 0.429. The van der Waals surface area contributed by atoms with E-state index < -0.39 is 32.8 Å². The molecular weight excluding hydrogens is 444 g/mol. The molecular formula is C21H25F2N3O3S2. The Morgan fingerprint density at radius 1 is 1.19 bits per heavy atom. The standard InChI is InChI=1S/C21H25F2N3O3S2/c1-14(21(27)25-19-12-15(22)8-10-18(19)23)30-20-11-9-17(13-24-20)31(28,29)26(2)16-6-4-3-5-7-16/h8-14,16H,3-7H2,1-2H3,(H,25,27). The van der Waals surface area contributed by atoms with E-state index in [1.54, 1.807) is 20.0 Å². The second-order valence-corrected chi connectivity index (χ2v) is 10.9. The van der Waals surface area contributed by atoms with Crippen molar-refractivity contribution in [2.75, 3.05) is 12.4 Å². The molecule has 168 valence electrons. The van der Waals surface area contributed by atoms with Gasteiger partial charge in [-0.1, -0.05) is 31.0 Å². The molecule has 31 heavy (non-hydrogen) atoms. The maximum atomic E-state index is 13.7. The van der Waals surface area contributed by atoms with Gasteiger partial charge in [0.2, 0.25) is 15.9 Å². The molecule has 1 heterocycles. The van der Waals surface area contributed by atoms with Crippen molar-refractivity contribution in [3.05, 3.63) is 48.2 Å². The van der Waals surface area contributed by atoms with Crippen LogP contribution in [0.25, 0.3) is 0 Å². The number of carbonyl (C=O) groups excluding carboxylic acids is 1. The number of hydrogen-bond donors (Lipinski definition) is 1. The molecule has 1 saturated carbocycles. The Morgan fingerprint density at radius 2 is 1.90 bits per heavy atom. The number of amides is 1. The van der Waals surface area contributed by atoms with Crippen molar-refractivity contribution < 1.29 is 22.0 Å². The van der Waals surface area contributed by atoms with Crippen LogP contribution in [0, 0.1) is 11.6 Å². The molecule has 1 aliphatic carbocycles. The zero-order valence-corrected chi connectivity index (χ0v) is 19.0. The summed E-state index contributed by atoms with van der Waals surface area (Å²) in [6.07, 6.45) is 6.18. The predicted octanol–water partition coefficient (Wildman–Crippen LogP) is 4.43. The lowest BCUT2D eigenvalue weighted by Gasteiger charge is -2.30. The minimum Gasteiger partial charge on any atom is -0.323 e. The van der Waals surface area contributed by atoms with E-state index in [0.29, 0.717) is 5.03 Å². The Balaban J connectivity index is 1.64. The topological polar surface area (TPSA) is 79.4 Å². The minimum absolute atomic E-state index is 0.000242. The van der Waals surface area contributed by atoms with E-state index in [0.717, 1.165) is 62.1 Å². The van der Waals surface area contributed by atoms with Gasteiger partial charge in [0, 0.05) is 25.4 Å². The molecule has 0 spiro atoms. The number of rotatable bonds is 7. The number of nitrogens with zero attached hydrogens (tertiary/aromatic N) is 2. The van der Waals surface area contributed by atoms with Gasteiger partial charge in [-0.25, -0.2) is 22.2 Å². The van der Waals surface area contributed by atoms with E-state index in [1.165, 1.54) is 16.6 Å². The summed E-state index contributed by atoms with van der Waals surface area (Å²) in [6, 6.07) is 5.83. The number of aromatic nitrogens is 1. The molecule has 1 atom stereocenters. The van der Waals surface area contributed by atoms with Crippen molar-refractivity contribution >= 4 is 33.4 Å². The summed E-state index contributed by atoms with van der Waals surface area (Å²) in [6.45, 7) is 1.60. The van der Waals surface area contributed by atoms with Gasteiger partial charge < -0.3 is 5.32 Å². The van der Waals surface area contributed by atoms with Gasteiger partial charge in [-0.05, 0) is 44.0 Å². The number of anilines is 1. The first-order valence-corrected chi connectivity index (χ1v) is 12.4. The Bertz CT molecular complexity index is 1030. The SMILES string of the molecule is CC(Sc1ccc(S(=O)(=O)N(C)C2CCCCC2)cn1)C(=O)Nc1cc(F)ccc1F. The smallest absolute Gasteiger partial charge is 0.244 e. The third-order valence-corrected chi connectivity index (χ3v) is 8.27. The van der Waals surface area contributed by atoms with Crippen LogP contribution in [0.2, 0.25) is 0 Å². The number of thioether (sulfide) groups is 1. The maximum absolute atomic E-state index is 13.7. The van der Waals surface area contributed by atoms with Crippen LogP contribution in [0.3, 0.4) is 0 Å². The molecule has 2 aromatic rings. The van der Waals surface area contributed by atoms with Crippen molar-refractivity contribution in [3.63, 3.8) is 0 Å². The maximum Gasteiger partial charge on any atom is 0.244 e. The first-order valence-electron chi connectivity index (χ1n) is 10.0. The van der Waals surface area contributed by atoms with Crippen molar-refractivity contribution in [2.45, 2.75) is 60.2 Å². The monoisotopic (exact) mass is 469 g/mol. The van der Waals surface area contributed by atoms with E-state index in [4.69, 9.17) is 0 Å². The van der Waals surface area contributed by atoms with Crippen LogP contribution in [-0.2, 0) is 14.8 Å². The second-order valence-electron chi connectivity index (χ2n) is 7.52. The minimum atomic E-state index is -3.64. The molecule has 10 heteroatoms. The Morgan fingerprint density at radius 3 is 2.55 bits per heavy atom. The van der Waals surface area contributed by atoms with Gasteiger partial charge in [0.05, 0.1) is 16.0 Å². The molecule has 0 radical (unpaired) electrons. The van der Waals surface area contributed by atoms with E-state index in [9.17, 15) is 22.0 Å². The molecule has 0 saturated heterocycles. The van der Waals surface area contributed by atoms with E-state index in [-0.39, 0.29) is 16.6 Å². The summed E-state index contributed by atoms with van der Waals surface area (Å²) >= 11 is 1.09. The second kappa shape index (κ2) is 10.1.